The number of rotatable bonds is 3. The molecular formula is C14H9ClFN3O2. The van der Waals surface area contributed by atoms with E-state index in [1.807, 2.05) is 0 Å². The number of nitrogens with one attached hydrogen (secondary N) is 2. The number of aromatic nitrogens is 1. The summed E-state index contributed by atoms with van der Waals surface area (Å²) in [7, 11) is 0. The molecule has 0 saturated heterocycles. The molecule has 1 aromatic carbocycles. The highest BCUT2D eigenvalue weighted by atomic mass is 35.5. The van der Waals surface area contributed by atoms with Crippen LogP contribution in [0.3, 0.4) is 0 Å². The molecule has 21 heavy (non-hydrogen) atoms. The monoisotopic (exact) mass is 305 g/mol. The van der Waals surface area contributed by atoms with Crippen LogP contribution in [0.1, 0.15) is 5.69 Å². The number of halogens is 2. The van der Waals surface area contributed by atoms with Crippen molar-refractivity contribution in [2.45, 2.75) is 0 Å². The predicted molar refractivity (Wildman–Crippen MR) is 76.1 cm³/mol. The van der Waals surface area contributed by atoms with E-state index in [2.05, 4.69) is 10.5 Å². The summed E-state index contributed by atoms with van der Waals surface area (Å²) >= 11 is 5.68. The van der Waals surface area contributed by atoms with Gasteiger partial charge in [0, 0.05) is 11.8 Å². The van der Waals surface area contributed by atoms with Gasteiger partial charge in [0.15, 0.2) is 11.6 Å². The molecule has 5 nitrogen and oxygen atoms in total. The Labute approximate surface area is 123 Å². The van der Waals surface area contributed by atoms with Crippen LogP contribution in [-0.4, -0.2) is 11.0 Å². The molecule has 0 bridgehead atoms. The van der Waals surface area contributed by atoms with E-state index in [-0.39, 0.29) is 10.9 Å². The first-order chi connectivity index (χ1) is 10.1. The normalized spacial score (nSPS) is 10.6. The quantitative estimate of drug-likeness (QED) is 0.562. The highest BCUT2D eigenvalue weighted by Gasteiger charge is 2.13. The molecule has 0 atom stereocenters. The van der Waals surface area contributed by atoms with Crippen LogP contribution in [0.2, 0.25) is 5.02 Å². The van der Waals surface area contributed by atoms with Gasteiger partial charge < -0.3 is 14.3 Å². The SMILES string of the molecule is N=C(Nc1ccc(F)c(Cl)c1)c1cc(-c2ccco2)on1. The average Bonchev–Trinajstić information content (AvgIpc) is 3.12. The lowest BCUT2D eigenvalue weighted by atomic mass is 10.2. The molecule has 0 aliphatic rings. The van der Waals surface area contributed by atoms with Crippen LogP contribution in [0.15, 0.2) is 51.6 Å². The molecule has 0 fully saturated rings. The predicted octanol–water partition coefficient (Wildman–Crippen LogP) is 4.16. The average molecular weight is 306 g/mol. The van der Waals surface area contributed by atoms with Gasteiger partial charge in [0.2, 0.25) is 5.76 Å². The van der Waals surface area contributed by atoms with Gasteiger partial charge in [-0.25, -0.2) is 4.39 Å². The van der Waals surface area contributed by atoms with Crippen molar-refractivity contribution in [3.63, 3.8) is 0 Å². The Kier molecular flexibility index (Phi) is 3.45. The molecular weight excluding hydrogens is 297 g/mol. The number of amidine groups is 1. The number of hydrogen-bond acceptors (Lipinski definition) is 4. The van der Waals surface area contributed by atoms with Crippen molar-refractivity contribution in [3.05, 3.63) is 59.2 Å². The van der Waals surface area contributed by atoms with Gasteiger partial charge in [-0.2, -0.15) is 0 Å². The van der Waals surface area contributed by atoms with Crippen LogP contribution in [0, 0.1) is 11.2 Å². The van der Waals surface area contributed by atoms with Crippen LogP contribution in [0.4, 0.5) is 10.1 Å². The molecule has 3 rings (SSSR count). The Hall–Kier alpha value is -2.60. The molecule has 7 heteroatoms. The molecule has 2 aromatic heterocycles. The fourth-order valence-electron chi connectivity index (χ4n) is 1.71. The van der Waals surface area contributed by atoms with Crippen LogP contribution in [-0.2, 0) is 0 Å². The standard InChI is InChI=1S/C14H9ClFN3O2/c15-9-6-8(3-4-10(9)16)18-14(17)11-7-13(21-19-11)12-2-1-5-20-12/h1-7H,(H2,17,18). The molecule has 0 amide bonds. The maximum atomic E-state index is 13.1. The van der Waals surface area contributed by atoms with Crippen molar-refractivity contribution in [2.75, 3.05) is 5.32 Å². The molecule has 0 aliphatic heterocycles. The second-order valence-corrected chi connectivity index (χ2v) is 4.59. The summed E-state index contributed by atoms with van der Waals surface area (Å²) in [4.78, 5) is 0. The highest BCUT2D eigenvalue weighted by molar-refractivity contribution is 6.31. The Bertz CT molecular complexity index is 783. The highest BCUT2D eigenvalue weighted by Crippen LogP contribution is 2.22. The van der Waals surface area contributed by atoms with Gasteiger partial charge in [-0.15, -0.1) is 0 Å². The lowest BCUT2D eigenvalue weighted by Gasteiger charge is -2.05. The Morgan fingerprint density at radius 3 is 2.81 bits per heavy atom. The largest absolute Gasteiger partial charge is 0.461 e. The van der Waals surface area contributed by atoms with Crippen molar-refractivity contribution >= 4 is 23.1 Å². The van der Waals surface area contributed by atoms with Gasteiger partial charge in [-0.1, -0.05) is 16.8 Å². The van der Waals surface area contributed by atoms with E-state index < -0.39 is 5.82 Å². The third-order valence-corrected chi connectivity index (χ3v) is 3.01. The molecule has 2 heterocycles. The van der Waals surface area contributed by atoms with Gasteiger partial charge >= 0.3 is 0 Å². The molecule has 2 N–H and O–H groups in total. The summed E-state index contributed by atoms with van der Waals surface area (Å²) in [6, 6.07) is 9.10. The fraction of sp³-hybridized carbons (Fsp3) is 0. The van der Waals surface area contributed by atoms with Crippen LogP contribution in [0.5, 0.6) is 0 Å². The first-order valence-corrected chi connectivity index (χ1v) is 6.33. The van der Waals surface area contributed by atoms with Gasteiger partial charge in [-0.3, -0.25) is 5.41 Å². The summed E-state index contributed by atoms with van der Waals surface area (Å²) in [6.07, 6.45) is 1.52. The number of anilines is 1. The van der Waals surface area contributed by atoms with E-state index in [0.29, 0.717) is 22.9 Å². The van der Waals surface area contributed by atoms with Crippen molar-refractivity contribution in [2.24, 2.45) is 0 Å². The first kappa shape index (κ1) is 13.4. The first-order valence-electron chi connectivity index (χ1n) is 5.95. The summed E-state index contributed by atoms with van der Waals surface area (Å²) in [5.74, 6) is 0.416. The second-order valence-electron chi connectivity index (χ2n) is 4.18. The number of hydrogen-bond donors (Lipinski definition) is 2. The topological polar surface area (TPSA) is 75.1 Å². The van der Waals surface area contributed by atoms with Crippen molar-refractivity contribution < 1.29 is 13.3 Å². The van der Waals surface area contributed by atoms with Gasteiger partial charge in [0.25, 0.3) is 0 Å². The minimum Gasteiger partial charge on any atom is -0.461 e. The minimum atomic E-state index is -0.518. The van der Waals surface area contributed by atoms with E-state index in [0.717, 1.165) is 0 Å². The van der Waals surface area contributed by atoms with E-state index in [1.54, 1.807) is 18.2 Å². The number of nitrogens with zero attached hydrogens (tertiary/aromatic N) is 1. The number of benzene rings is 1. The summed E-state index contributed by atoms with van der Waals surface area (Å²) < 4.78 is 23.3. The van der Waals surface area contributed by atoms with Gasteiger partial charge in [0.05, 0.1) is 11.3 Å². The van der Waals surface area contributed by atoms with E-state index in [9.17, 15) is 4.39 Å². The Balaban J connectivity index is 1.78. The summed E-state index contributed by atoms with van der Waals surface area (Å²) in [5, 5.41) is 14.4. The molecule has 0 radical (unpaired) electrons. The summed E-state index contributed by atoms with van der Waals surface area (Å²) in [5.41, 5.74) is 0.774. The second kappa shape index (κ2) is 5.41. The van der Waals surface area contributed by atoms with E-state index in [1.165, 1.54) is 24.5 Å². The molecule has 0 aliphatic carbocycles. The van der Waals surface area contributed by atoms with Crippen molar-refractivity contribution in [1.82, 2.24) is 5.16 Å². The molecule has 106 valence electrons. The Morgan fingerprint density at radius 2 is 2.10 bits per heavy atom. The fourth-order valence-corrected chi connectivity index (χ4v) is 1.89. The van der Waals surface area contributed by atoms with Gasteiger partial charge in [-0.05, 0) is 30.3 Å². The lowest BCUT2D eigenvalue weighted by Crippen LogP contribution is -2.12. The smallest absolute Gasteiger partial charge is 0.202 e. The Morgan fingerprint density at radius 1 is 1.24 bits per heavy atom. The minimum absolute atomic E-state index is 0.000712. The zero-order chi connectivity index (χ0) is 14.8. The van der Waals surface area contributed by atoms with E-state index in [4.69, 9.17) is 26.0 Å². The van der Waals surface area contributed by atoms with Crippen LogP contribution >= 0.6 is 11.6 Å². The maximum Gasteiger partial charge on any atom is 0.202 e. The molecule has 0 saturated carbocycles. The van der Waals surface area contributed by atoms with Crippen molar-refractivity contribution in [3.8, 4) is 11.5 Å². The number of furan rings is 1. The molecule has 3 aromatic rings. The zero-order valence-electron chi connectivity index (χ0n) is 10.6. The lowest BCUT2D eigenvalue weighted by molar-refractivity contribution is 0.416. The van der Waals surface area contributed by atoms with Crippen molar-refractivity contribution in [1.29, 1.82) is 5.41 Å². The third kappa shape index (κ3) is 2.80. The summed E-state index contributed by atoms with van der Waals surface area (Å²) in [6.45, 7) is 0. The van der Waals surface area contributed by atoms with Gasteiger partial charge in [0.1, 0.15) is 11.5 Å². The maximum absolute atomic E-state index is 13.1. The molecule has 0 unspecified atom stereocenters. The zero-order valence-corrected chi connectivity index (χ0v) is 11.3. The third-order valence-electron chi connectivity index (χ3n) is 2.72. The van der Waals surface area contributed by atoms with Crippen LogP contribution < -0.4 is 5.32 Å². The molecule has 0 spiro atoms. The van der Waals surface area contributed by atoms with Crippen LogP contribution in [0.25, 0.3) is 11.5 Å². The van der Waals surface area contributed by atoms with E-state index >= 15 is 0 Å².